The Morgan fingerprint density at radius 3 is 2.58 bits per heavy atom. The first-order valence-corrected chi connectivity index (χ1v) is 12.9. The highest BCUT2D eigenvalue weighted by molar-refractivity contribution is 6.31. The zero-order valence-electron chi connectivity index (χ0n) is 21.5. The summed E-state index contributed by atoms with van der Waals surface area (Å²) in [6.07, 6.45) is 1.40. The van der Waals surface area contributed by atoms with Gasteiger partial charge < -0.3 is 15.4 Å². The van der Waals surface area contributed by atoms with Gasteiger partial charge in [-0.05, 0) is 49.2 Å². The number of carbonyl (C=O) groups is 2. The highest BCUT2D eigenvalue weighted by Crippen LogP contribution is 2.52. The molecule has 1 amide bonds. The van der Waals surface area contributed by atoms with E-state index in [1.165, 1.54) is 55.8 Å². The zero-order valence-corrected chi connectivity index (χ0v) is 23.0. The molecule has 40 heavy (non-hydrogen) atoms. The van der Waals surface area contributed by atoms with E-state index in [0.29, 0.717) is 5.57 Å². The third-order valence-corrected chi connectivity index (χ3v) is 7.43. The van der Waals surface area contributed by atoms with Gasteiger partial charge in [-0.2, -0.15) is 5.26 Å². The van der Waals surface area contributed by atoms with Gasteiger partial charge >= 0.3 is 5.97 Å². The lowest BCUT2D eigenvalue weighted by molar-refractivity contribution is -0.118. The normalized spacial score (nSPS) is 21.9. The lowest BCUT2D eigenvalue weighted by Crippen LogP contribution is -2.43. The van der Waals surface area contributed by atoms with Crippen LogP contribution in [0.3, 0.4) is 0 Å². The summed E-state index contributed by atoms with van der Waals surface area (Å²) in [7, 11) is 1.23. The minimum atomic E-state index is -1.79. The average molecular weight is 585 g/mol. The third kappa shape index (κ3) is 5.30. The number of methoxy groups -OCH3 is 1. The summed E-state index contributed by atoms with van der Waals surface area (Å²) in [6.45, 7) is 5.67. The first-order valence-electron chi connectivity index (χ1n) is 12.1. The summed E-state index contributed by atoms with van der Waals surface area (Å²) in [4.78, 5) is 29.6. The number of aromatic nitrogens is 1. The first kappa shape index (κ1) is 29.2. The van der Waals surface area contributed by atoms with Crippen molar-refractivity contribution in [1.29, 1.82) is 5.26 Å². The maximum atomic E-state index is 15.6. The van der Waals surface area contributed by atoms with Crippen molar-refractivity contribution < 1.29 is 23.1 Å². The maximum absolute atomic E-state index is 15.6. The molecule has 4 atom stereocenters. The molecule has 0 aliphatic carbocycles. The molecule has 0 spiro atoms. The van der Waals surface area contributed by atoms with E-state index in [-0.39, 0.29) is 39.0 Å². The Balaban J connectivity index is 1.88. The van der Waals surface area contributed by atoms with Crippen molar-refractivity contribution in [1.82, 2.24) is 10.3 Å². The molecule has 206 valence electrons. The molecule has 0 radical (unpaired) electrons. The van der Waals surface area contributed by atoms with Gasteiger partial charge in [-0.1, -0.05) is 47.0 Å². The number of esters is 1. The van der Waals surface area contributed by atoms with E-state index in [1.807, 2.05) is 0 Å². The monoisotopic (exact) mass is 584 g/mol. The minimum absolute atomic E-state index is 0.0470. The number of amides is 1. The van der Waals surface area contributed by atoms with Crippen LogP contribution in [0.4, 0.5) is 14.6 Å². The molecular formula is C29H24Cl2F2N4O3. The summed E-state index contributed by atoms with van der Waals surface area (Å²) in [6, 6.07) is 11.1. The van der Waals surface area contributed by atoms with Crippen LogP contribution in [0, 0.1) is 23.0 Å². The molecule has 0 bridgehead atoms. The summed E-state index contributed by atoms with van der Waals surface area (Å²) in [5.74, 6) is -4.04. The number of benzene rings is 2. The van der Waals surface area contributed by atoms with Gasteiger partial charge in [-0.15, -0.1) is 6.58 Å². The Labute approximate surface area is 239 Å². The molecular weight excluding hydrogens is 561 g/mol. The van der Waals surface area contributed by atoms with Crippen LogP contribution in [0.1, 0.15) is 40.7 Å². The fourth-order valence-electron chi connectivity index (χ4n) is 5.20. The highest BCUT2D eigenvalue weighted by atomic mass is 35.5. The number of nitrogens with zero attached hydrogens (tertiary/aromatic N) is 2. The third-order valence-electron chi connectivity index (χ3n) is 6.90. The minimum Gasteiger partial charge on any atom is -0.465 e. The molecule has 1 saturated heterocycles. The zero-order chi connectivity index (χ0) is 29.2. The van der Waals surface area contributed by atoms with Crippen LogP contribution >= 0.6 is 23.2 Å². The van der Waals surface area contributed by atoms with Crippen molar-refractivity contribution in [2.24, 2.45) is 0 Å². The van der Waals surface area contributed by atoms with Crippen molar-refractivity contribution in [3.8, 4) is 6.07 Å². The Morgan fingerprint density at radius 2 is 1.98 bits per heavy atom. The number of halogens is 4. The molecule has 3 aromatic rings. The fraction of sp³-hybridized carbons (Fsp3) is 0.241. The number of pyridine rings is 1. The molecule has 1 aliphatic rings. The van der Waals surface area contributed by atoms with Crippen LogP contribution in [-0.2, 0) is 14.9 Å². The van der Waals surface area contributed by atoms with Crippen LogP contribution < -0.4 is 10.6 Å². The summed E-state index contributed by atoms with van der Waals surface area (Å²) < 4.78 is 35.9. The van der Waals surface area contributed by atoms with Crippen LogP contribution in [0.5, 0.6) is 0 Å². The van der Waals surface area contributed by atoms with Crippen molar-refractivity contribution in [2.45, 2.75) is 36.8 Å². The highest BCUT2D eigenvalue weighted by Gasteiger charge is 2.60. The van der Waals surface area contributed by atoms with Gasteiger partial charge in [-0.3, -0.25) is 4.79 Å². The number of nitrogens with one attached hydrogen (secondary N) is 2. The van der Waals surface area contributed by atoms with Crippen LogP contribution in [0.2, 0.25) is 10.0 Å². The molecule has 2 N–H and O–H groups in total. The van der Waals surface area contributed by atoms with Crippen LogP contribution in [0.15, 0.2) is 66.9 Å². The second kappa shape index (κ2) is 11.7. The molecule has 0 saturated carbocycles. The predicted molar refractivity (Wildman–Crippen MR) is 147 cm³/mol. The van der Waals surface area contributed by atoms with E-state index in [2.05, 4.69) is 33.0 Å². The average Bonchev–Trinajstić information content (AvgIpc) is 3.24. The molecule has 4 rings (SSSR count). The number of ether oxygens (including phenoxy) is 1. The largest absolute Gasteiger partial charge is 0.465 e. The molecule has 2 heterocycles. The Hall–Kier alpha value is -3.84. The summed E-state index contributed by atoms with van der Waals surface area (Å²) in [5, 5.41) is 16.5. The van der Waals surface area contributed by atoms with E-state index in [9.17, 15) is 14.9 Å². The smallest absolute Gasteiger partial charge is 0.339 e. The maximum Gasteiger partial charge on any atom is 0.339 e. The first-order chi connectivity index (χ1) is 19.0. The molecule has 0 unspecified atom stereocenters. The lowest BCUT2D eigenvalue weighted by Gasteiger charge is -2.35. The van der Waals surface area contributed by atoms with E-state index < -0.39 is 46.9 Å². The molecule has 1 aliphatic heterocycles. The molecule has 1 aromatic heterocycles. The Morgan fingerprint density at radius 1 is 1.23 bits per heavy atom. The predicted octanol–water partition coefficient (Wildman–Crippen LogP) is 5.94. The van der Waals surface area contributed by atoms with Crippen molar-refractivity contribution >= 4 is 40.9 Å². The number of rotatable bonds is 7. The van der Waals surface area contributed by atoms with Crippen molar-refractivity contribution in [3.05, 3.63) is 105 Å². The fourth-order valence-corrected chi connectivity index (χ4v) is 5.54. The van der Waals surface area contributed by atoms with Gasteiger partial charge in [0.2, 0.25) is 5.91 Å². The SMILES string of the molecule is C=C(C)C[C@@H]1N[C@@H](C(=O)Nc2ccc(C(=O)OC)cn2)[C@H](c2cccc(Cl)c2F)[C@@]1(C#N)c1ccc(Cl)cc1F. The van der Waals surface area contributed by atoms with Gasteiger partial charge in [0.05, 0.1) is 29.8 Å². The van der Waals surface area contributed by atoms with Crippen LogP contribution in [-0.4, -0.2) is 36.1 Å². The van der Waals surface area contributed by atoms with E-state index in [0.717, 1.165) is 6.07 Å². The van der Waals surface area contributed by atoms with Crippen molar-refractivity contribution in [2.75, 3.05) is 12.4 Å². The van der Waals surface area contributed by atoms with Crippen LogP contribution in [0.25, 0.3) is 0 Å². The molecule has 2 aromatic carbocycles. The number of hydrogen-bond donors (Lipinski definition) is 2. The lowest BCUT2D eigenvalue weighted by atomic mass is 9.64. The Kier molecular flexibility index (Phi) is 8.54. The molecule has 11 heteroatoms. The number of nitriles is 1. The standard InChI is InChI=1S/C29H24Cl2F2N4O3/c1-15(2)11-22-29(14-34,19-9-8-17(30)12-21(19)32)24(18-5-4-6-20(31)25(18)33)26(36-22)27(38)37-23-10-7-16(13-35-23)28(39)40-3/h4-10,12-13,22,24,26,36H,1,11H2,2-3H3,(H,35,37,38)/t22-,24-,26+,29-/m0/s1. The molecule has 1 fully saturated rings. The van der Waals surface area contributed by atoms with Gasteiger partial charge in [0.15, 0.2) is 0 Å². The second-order valence-electron chi connectivity index (χ2n) is 9.50. The van der Waals surface area contributed by atoms with E-state index in [1.54, 1.807) is 6.92 Å². The van der Waals surface area contributed by atoms with Gasteiger partial charge in [0.1, 0.15) is 22.9 Å². The number of carbonyl (C=O) groups excluding carboxylic acids is 2. The number of hydrogen-bond acceptors (Lipinski definition) is 6. The second-order valence-corrected chi connectivity index (χ2v) is 10.3. The summed E-state index contributed by atoms with van der Waals surface area (Å²) in [5.41, 5.74) is -1.07. The van der Waals surface area contributed by atoms with E-state index >= 15 is 8.78 Å². The van der Waals surface area contributed by atoms with E-state index in [4.69, 9.17) is 23.2 Å². The van der Waals surface area contributed by atoms with Gasteiger partial charge in [0.25, 0.3) is 0 Å². The van der Waals surface area contributed by atoms with Crippen molar-refractivity contribution in [3.63, 3.8) is 0 Å². The quantitative estimate of drug-likeness (QED) is 0.263. The Bertz CT molecular complexity index is 1530. The number of anilines is 1. The topological polar surface area (TPSA) is 104 Å². The molecule has 7 nitrogen and oxygen atoms in total. The summed E-state index contributed by atoms with van der Waals surface area (Å²) >= 11 is 12.1. The van der Waals surface area contributed by atoms with Gasteiger partial charge in [0, 0.05) is 28.7 Å². The van der Waals surface area contributed by atoms with Gasteiger partial charge in [-0.25, -0.2) is 18.6 Å².